The summed E-state index contributed by atoms with van der Waals surface area (Å²) < 4.78 is 38.1. The molecule has 2 heterocycles. The zero-order valence-electron chi connectivity index (χ0n) is 16.3. The summed E-state index contributed by atoms with van der Waals surface area (Å²) in [6.07, 6.45) is 7.69. The van der Waals surface area contributed by atoms with Crippen LogP contribution in [0.1, 0.15) is 63.4 Å². The summed E-state index contributed by atoms with van der Waals surface area (Å²) in [6.45, 7) is 2.46. The molecular formula is C21H30F3N3O. The van der Waals surface area contributed by atoms with E-state index in [-0.39, 0.29) is 0 Å². The van der Waals surface area contributed by atoms with Crippen molar-refractivity contribution in [2.75, 3.05) is 24.5 Å². The second-order valence-corrected chi connectivity index (χ2v) is 8.13. The van der Waals surface area contributed by atoms with Crippen LogP contribution in [-0.2, 0) is 11.0 Å². The second-order valence-electron chi connectivity index (χ2n) is 8.13. The minimum Gasteiger partial charge on any atom is -0.356 e. The van der Waals surface area contributed by atoms with Gasteiger partial charge in [0.15, 0.2) is 0 Å². The number of carbonyl (C=O) groups excluding carboxylic acids is 1. The van der Waals surface area contributed by atoms with E-state index in [0.717, 1.165) is 76.8 Å². The molecule has 156 valence electrons. The highest BCUT2D eigenvalue weighted by atomic mass is 19.4. The van der Waals surface area contributed by atoms with Gasteiger partial charge in [0.2, 0.25) is 6.41 Å². The lowest BCUT2D eigenvalue weighted by Gasteiger charge is -2.35. The SMILES string of the molecule is O=CN(CCCC1CCCN(c2ccc(C(F)(F)F)cn2)C1)C1CCCCC1. The summed E-state index contributed by atoms with van der Waals surface area (Å²) in [5, 5.41) is 0. The van der Waals surface area contributed by atoms with Gasteiger partial charge in [-0.15, -0.1) is 0 Å². The summed E-state index contributed by atoms with van der Waals surface area (Å²) in [7, 11) is 0. The number of aromatic nitrogens is 1. The Hall–Kier alpha value is -1.79. The van der Waals surface area contributed by atoms with E-state index in [1.54, 1.807) is 0 Å². The molecule has 28 heavy (non-hydrogen) atoms. The first-order valence-corrected chi connectivity index (χ1v) is 10.5. The van der Waals surface area contributed by atoms with Crippen molar-refractivity contribution in [3.05, 3.63) is 23.9 Å². The molecule has 7 heteroatoms. The summed E-state index contributed by atoms with van der Waals surface area (Å²) in [5.41, 5.74) is -0.707. The van der Waals surface area contributed by atoms with Crippen molar-refractivity contribution in [2.24, 2.45) is 5.92 Å². The average Bonchev–Trinajstić information content (AvgIpc) is 2.71. The molecule has 4 nitrogen and oxygen atoms in total. The maximum Gasteiger partial charge on any atom is 0.417 e. The summed E-state index contributed by atoms with van der Waals surface area (Å²) in [5.74, 6) is 1.12. The van der Waals surface area contributed by atoms with E-state index in [1.807, 2.05) is 4.90 Å². The van der Waals surface area contributed by atoms with Crippen LogP contribution in [0.3, 0.4) is 0 Å². The monoisotopic (exact) mass is 397 g/mol. The molecule has 1 amide bonds. The predicted octanol–water partition coefficient (Wildman–Crippen LogP) is 4.89. The van der Waals surface area contributed by atoms with Crippen molar-refractivity contribution in [1.82, 2.24) is 9.88 Å². The number of halogens is 3. The van der Waals surface area contributed by atoms with Gasteiger partial charge in [0, 0.05) is 31.9 Å². The minimum absolute atomic E-state index is 0.408. The van der Waals surface area contributed by atoms with Gasteiger partial charge in [0.1, 0.15) is 5.82 Å². The fourth-order valence-corrected chi connectivity index (χ4v) is 4.55. The number of alkyl halides is 3. The van der Waals surface area contributed by atoms with Crippen molar-refractivity contribution < 1.29 is 18.0 Å². The van der Waals surface area contributed by atoms with Gasteiger partial charge >= 0.3 is 6.18 Å². The highest BCUT2D eigenvalue weighted by Crippen LogP contribution is 2.31. The second kappa shape index (κ2) is 9.61. The van der Waals surface area contributed by atoms with Crippen LogP contribution in [0.4, 0.5) is 19.0 Å². The van der Waals surface area contributed by atoms with E-state index in [1.165, 1.54) is 25.3 Å². The lowest BCUT2D eigenvalue weighted by molar-refractivity contribution is -0.137. The number of nitrogens with zero attached hydrogens (tertiary/aromatic N) is 3. The molecule has 3 rings (SSSR count). The Morgan fingerprint density at radius 2 is 1.93 bits per heavy atom. The number of anilines is 1. The molecule has 0 N–H and O–H groups in total. The van der Waals surface area contributed by atoms with Gasteiger partial charge in [-0.05, 0) is 56.6 Å². The van der Waals surface area contributed by atoms with Crippen molar-refractivity contribution in [2.45, 2.75) is 70.0 Å². The highest BCUT2D eigenvalue weighted by molar-refractivity contribution is 5.47. The summed E-state index contributed by atoms with van der Waals surface area (Å²) in [4.78, 5) is 19.6. The minimum atomic E-state index is -4.35. The topological polar surface area (TPSA) is 36.4 Å². The lowest BCUT2D eigenvalue weighted by Crippen LogP contribution is -2.38. The Balaban J connectivity index is 1.47. The lowest BCUT2D eigenvalue weighted by atomic mass is 9.92. The molecule has 1 atom stereocenters. The fraction of sp³-hybridized carbons (Fsp3) is 0.714. The van der Waals surface area contributed by atoms with Crippen molar-refractivity contribution in [3.63, 3.8) is 0 Å². The summed E-state index contributed by atoms with van der Waals surface area (Å²) >= 11 is 0. The van der Waals surface area contributed by atoms with E-state index in [9.17, 15) is 18.0 Å². The number of pyridine rings is 1. The third-order valence-electron chi connectivity index (χ3n) is 6.13. The fourth-order valence-electron chi connectivity index (χ4n) is 4.55. The smallest absolute Gasteiger partial charge is 0.356 e. The maximum absolute atomic E-state index is 12.7. The molecule has 1 unspecified atom stereocenters. The Kier molecular flexibility index (Phi) is 7.18. The standard InChI is InChI=1S/C21H30F3N3O/c22-21(23,24)18-10-11-20(25-14-18)26-12-4-6-17(15-26)7-5-13-27(16-28)19-8-2-1-3-9-19/h10-11,14,16-17,19H,1-9,12-13,15H2. The Morgan fingerprint density at radius 1 is 1.14 bits per heavy atom. The van der Waals surface area contributed by atoms with Gasteiger partial charge in [0.25, 0.3) is 0 Å². The zero-order chi connectivity index (χ0) is 20.0. The van der Waals surface area contributed by atoms with Crippen LogP contribution in [0, 0.1) is 5.92 Å². The quantitative estimate of drug-likeness (QED) is 0.615. The number of rotatable bonds is 7. The van der Waals surface area contributed by atoms with Crippen LogP contribution < -0.4 is 4.90 Å². The van der Waals surface area contributed by atoms with E-state index < -0.39 is 11.7 Å². The Morgan fingerprint density at radius 3 is 2.57 bits per heavy atom. The highest BCUT2D eigenvalue weighted by Gasteiger charge is 2.31. The average molecular weight is 397 g/mol. The molecule has 1 aliphatic heterocycles. The maximum atomic E-state index is 12.7. The van der Waals surface area contributed by atoms with Crippen molar-refractivity contribution >= 4 is 12.2 Å². The van der Waals surface area contributed by atoms with Gasteiger partial charge in [-0.1, -0.05) is 19.3 Å². The van der Waals surface area contributed by atoms with E-state index >= 15 is 0 Å². The van der Waals surface area contributed by atoms with Crippen molar-refractivity contribution in [3.8, 4) is 0 Å². The van der Waals surface area contributed by atoms with Crippen LogP contribution in [-0.4, -0.2) is 42.0 Å². The molecule has 1 saturated heterocycles. The third-order valence-corrected chi connectivity index (χ3v) is 6.13. The first-order valence-electron chi connectivity index (χ1n) is 10.5. The molecule has 1 aromatic heterocycles. The first-order chi connectivity index (χ1) is 13.5. The molecular weight excluding hydrogens is 367 g/mol. The largest absolute Gasteiger partial charge is 0.417 e. The van der Waals surface area contributed by atoms with Gasteiger partial charge < -0.3 is 9.80 Å². The Bertz CT molecular complexity index is 614. The summed E-state index contributed by atoms with van der Waals surface area (Å²) in [6, 6.07) is 2.99. The number of hydrogen-bond acceptors (Lipinski definition) is 3. The van der Waals surface area contributed by atoms with Gasteiger partial charge in [-0.3, -0.25) is 4.79 Å². The number of hydrogen-bond donors (Lipinski definition) is 0. The van der Waals surface area contributed by atoms with Crippen LogP contribution in [0.15, 0.2) is 18.3 Å². The molecule has 2 fully saturated rings. The molecule has 0 bridgehead atoms. The van der Waals surface area contributed by atoms with Gasteiger partial charge in [0.05, 0.1) is 5.56 Å². The Labute approximate surface area is 165 Å². The van der Waals surface area contributed by atoms with Crippen molar-refractivity contribution in [1.29, 1.82) is 0 Å². The normalized spacial score (nSPS) is 21.5. The van der Waals surface area contributed by atoms with Gasteiger partial charge in [-0.25, -0.2) is 4.98 Å². The number of amides is 1. The van der Waals surface area contributed by atoms with E-state index in [2.05, 4.69) is 9.88 Å². The van der Waals surface area contributed by atoms with Crippen LogP contribution in [0.2, 0.25) is 0 Å². The van der Waals surface area contributed by atoms with Crippen LogP contribution in [0.5, 0.6) is 0 Å². The number of carbonyl (C=O) groups is 1. The predicted molar refractivity (Wildman–Crippen MR) is 103 cm³/mol. The zero-order valence-corrected chi connectivity index (χ0v) is 16.3. The van der Waals surface area contributed by atoms with Gasteiger partial charge in [-0.2, -0.15) is 13.2 Å². The van der Waals surface area contributed by atoms with Crippen LogP contribution in [0.25, 0.3) is 0 Å². The molecule has 0 aromatic carbocycles. The third kappa shape index (κ3) is 5.61. The van der Waals surface area contributed by atoms with E-state index in [4.69, 9.17) is 0 Å². The molecule has 2 aliphatic rings. The molecule has 1 aromatic rings. The van der Waals surface area contributed by atoms with Crippen LogP contribution >= 0.6 is 0 Å². The number of piperidine rings is 1. The molecule has 0 spiro atoms. The molecule has 0 radical (unpaired) electrons. The molecule has 1 saturated carbocycles. The molecule has 1 aliphatic carbocycles. The first kappa shape index (κ1) is 20.9. The van der Waals surface area contributed by atoms with E-state index in [0.29, 0.717) is 17.8 Å².